The van der Waals surface area contributed by atoms with Crippen molar-refractivity contribution in [2.45, 2.75) is 6.92 Å². The minimum Gasteiger partial charge on any atom is -0.397 e. The molecule has 5 heteroatoms. The van der Waals surface area contributed by atoms with E-state index in [1.807, 2.05) is 12.1 Å². The number of hydrogen-bond donors (Lipinski definition) is 2. The molecule has 1 fully saturated rings. The molecule has 0 aromatic heterocycles. The molecule has 1 heterocycles. The number of carbonyl (C=O) groups is 1. The standard InChI is InChI=1S/C13H20N4O/c1-10-2-3-11(14)12(8-10)17-6-4-16(5-7-17)9-13(15)18/h2-3,8H,4-7,9,14H2,1H3,(H2,15,18). The van der Waals surface area contributed by atoms with Gasteiger partial charge < -0.3 is 16.4 Å². The van der Waals surface area contributed by atoms with Crippen molar-refractivity contribution in [3.05, 3.63) is 23.8 Å². The van der Waals surface area contributed by atoms with Crippen LogP contribution in [0.15, 0.2) is 18.2 Å². The Morgan fingerprint density at radius 2 is 1.94 bits per heavy atom. The second-order valence-electron chi connectivity index (χ2n) is 4.79. The van der Waals surface area contributed by atoms with Gasteiger partial charge in [-0.15, -0.1) is 0 Å². The lowest BCUT2D eigenvalue weighted by Crippen LogP contribution is -2.49. The third-order valence-electron chi connectivity index (χ3n) is 3.28. The van der Waals surface area contributed by atoms with Gasteiger partial charge in [0, 0.05) is 26.2 Å². The number of nitrogens with zero attached hydrogens (tertiary/aromatic N) is 2. The molecular weight excluding hydrogens is 228 g/mol. The topological polar surface area (TPSA) is 75.6 Å². The van der Waals surface area contributed by atoms with E-state index in [-0.39, 0.29) is 5.91 Å². The molecule has 0 unspecified atom stereocenters. The maximum Gasteiger partial charge on any atom is 0.231 e. The van der Waals surface area contributed by atoms with Crippen LogP contribution in [0.4, 0.5) is 11.4 Å². The van der Waals surface area contributed by atoms with Gasteiger partial charge in [0.05, 0.1) is 17.9 Å². The van der Waals surface area contributed by atoms with E-state index >= 15 is 0 Å². The number of piperazine rings is 1. The van der Waals surface area contributed by atoms with Crippen molar-refractivity contribution in [3.63, 3.8) is 0 Å². The Balaban J connectivity index is 2.01. The van der Waals surface area contributed by atoms with Crippen LogP contribution in [0.1, 0.15) is 5.56 Å². The number of nitrogens with two attached hydrogens (primary N) is 2. The predicted octanol–water partition coefficient (Wildman–Crippen LogP) is 0.185. The van der Waals surface area contributed by atoms with Crippen molar-refractivity contribution in [1.82, 2.24) is 4.90 Å². The van der Waals surface area contributed by atoms with E-state index in [1.54, 1.807) is 0 Å². The van der Waals surface area contributed by atoms with Crippen LogP contribution in [0.5, 0.6) is 0 Å². The van der Waals surface area contributed by atoms with Gasteiger partial charge in [0.15, 0.2) is 0 Å². The molecule has 98 valence electrons. The van der Waals surface area contributed by atoms with Crippen molar-refractivity contribution in [1.29, 1.82) is 0 Å². The second kappa shape index (κ2) is 5.27. The quantitative estimate of drug-likeness (QED) is 0.748. The molecule has 5 nitrogen and oxygen atoms in total. The first kappa shape index (κ1) is 12.7. The zero-order valence-corrected chi connectivity index (χ0v) is 10.7. The van der Waals surface area contributed by atoms with E-state index < -0.39 is 0 Å². The van der Waals surface area contributed by atoms with Crippen LogP contribution >= 0.6 is 0 Å². The number of primary amides is 1. The molecule has 1 aliphatic rings. The van der Waals surface area contributed by atoms with Gasteiger partial charge in [0.2, 0.25) is 5.91 Å². The van der Waals surface area contributed by atoms with Crippen molar-refractivity contribution in [2.75, 3.05) is 43.4 Å². The van der Waals surface area contributed by atoms with E-state index in [9.17, 15) is 4.79 Å². The molecule has 1 saturated heterocycles. The minimum absolute atomic E-state index is 0.265. The van der Waals surface area contributed by atoms with Gasteiger partial charge >= 0.3 is 0 Å². The van der Waals surface area contributed by atoms with Crippen LogP contribution in [-0.2, 0) is 4.79 Å². The third kappa shape index (κ3) is 2.92. The monoisotopic (exact) mass is 248 g/mol. The molecule has 1 aromatic rings. The highest BCUT2D eigenvalue weighted by Crippen LogP contribution is 2.25. The summed E-state index contributed by atoms with van der Waals surface area (Å²) in [6.07, 6.45) is 0. The fraction of sp³-hybridized carbons (Fsp3) is 0.462. The van der Waals surface area contributed by atoms with Gasteiger partial charge in [-0.25, -0.2) is 0 Å². The van der Waals surface area contributed by atoms with E-state index in [1.165, 1.54) is 5.56 Å². The van der Waals surface area contributed by atoms with E-state index in [2.05, 4.69) is 22.8 Å². The number of aryl methyl sites for hydroxylation is 1. The molecule has 0 aliphatic carbocycles. The Morgan fingerprint density at radius 3 is 2.56 bits per heavy atom. The van der Waals surface area contributed by atoms with Gasteiger partial charge in [-0.1, -0.05) is 6.07 Å². The normalized spacial score (nSPS) is 16.8. The molecule has 0 radical (unpaired) electrons. The van der Waals surface area contributed by atoms with Crippen LogP contribution in [-0.4, -0.2) is 43.5 Å². The minimum atomic E-state index is -0.265. The number of rotatable bonds is 3. The fourth-order valence-electron chi connectivity index (χ4n) is 2.29. The molecule has 1 amide bonds. The first-order valence-corrected chi connectivity index (χ1v) is 6.18. The molecule has 1 aliphatic heterocycles. The number of nitrogen functional groups attached to an aromatic ring is 1. The Bertz CT molecular complexity index is 439. The largest absolute Gasteiger partial charge is 0.397 e. The van der Waals surface area contributed by atoms with Crippen LogP contribution in [0.3, 0.4) is 0 Å². The van der Waals surface area contributed by atoms with Gasteiger partial charge in [0.1, 0.15) is 0 Å². The number of benzene rings is 1. The number of carbonyl (C=O) groups excluding carboxylic acids is 1. The van der Waals surface area contributed by atoms with Crippen LogP contribution < -0.4 is 16.4 Å². The van der Waals surface area contributed by atoms with Crippen LogP contribution in [0, 0.1) is 6.92 Å². The SMILES string of the molecule is Cc1ccc(N)c(N2CCN(CC(N)=O)CC2)c1. The van der Waals surface area contributed by atoms with Crippen molar-refractivity contribution in [3.8, 4) is 0 Å². The van der Waals surface area contributed by atoms with E-state index in [0.717, 1.165) is 37.6 Å². The van der Waals surface area contributed by atoms with Gasteiger partial charge in [0.25, 0.3) is 0 Å². The summed E-state index contributed by atoms with van der Waals surface area (Å²) < 4.78 is 0. The Labute approximate surface area is 107 Å². The van der Waals surface area contributed by atoms with Gasteiger partial charge in [-0.2, -0.15) is 0 Å². The summed E-state index contributed by atoms with van der Waals surface area (Å²) in [6, 6.07) is 6.07. The number of anilines is 2. The maximum absolute atomic E-state index is 10.9. The van der Waals surface area contributed by atoms with Gasteiger partial charge in [-0.3, -0.25) is 9.69 Å². The predicted molar refractivity (Wildman–Crippen MR) is 73.4 cm³/mol. The molecule has 0 bridgehead atoms. The first-order valence-electron chi connectivity index (χ1n) is 6.18. The molecule has 1 aromatic carbocycles. The molecule has 18 heavy (non-hydrogen) atoms. The summed E-state index contributed by atoms with van der Waals surface area (Å²) in [5, 5.41) is 0. The van der Waals surface area contributed by atoms with Gasteiger partial charge in [-0.05, 0) is 24.6 Å². The van der Waals surface area contributed by atoms with E-state index in [0.29, 0.717) is 6.54 Å². The zero-order chi connectivity index (χ0) is 13.1. The highest BCUT2D eigenvalue weighted by molar-refractivity contribution is 5.76. The second-order valence-corrected chi connectivity index (χ2v) is 4.79. The summed E-state index contributed by atoms with van der Waals surface area (Å²) in [7, 11) is 0. The molecular formula is C13H20N4O. The highest BCUT2D eigenvalue weighted by Gasteiger charge is 2.19. The lowest BCUT2D eigenvalue weighted by molar-refractivity contribution is -0.119. The first-order chi connectivity index (χ1) is 8.56. The summed E-state index contributed by atoms with van der Waals surface area (Å²) in [4.78, 5) is 15.2. The molecule has 0 saturated carbocycles. The number of hydrogen-bond acceptors (Lipinski definition) is 4. The molecule has 0 atom stereocenters. The van der Waals surface area contributed by atoms with Crippen molar-refractivity contribution < 1.29 is 4.79 Å². The smallest absolute Gasteiger partial charge is 0.231 e. The van der Waals surface area contributed by atoms with Crippen molar-refractivity contribution >= 4 is 17.3 Å². The third-order valence-corrected chi connectivity index (χ3v) is 3.28. The fourth-order valence-corrected chi connectivity index (χ4v) is 2.29. The Kier molecular flexibility index (Phi) is 3.72. The molecule has 2 rings (SSSR count). The lowest BCUT2D eigenvalue weighted by Gasteiger charge is -2.36. The Hall–Kier alpha value is -1.75. The van der Waals surface area contributed by atoms with Crippen molar-refractivity contribution in [2.24, 2.45) is 5.73 Å². The average Bonchev–Trinajstić information content (AvgIpc) is 2.33. The van der Waals surface area contributed by atoms with E-state index in [4.69, 9.17) is 11.5 Å². The molecule has 4 N–H and O–H groups in total. The molecule has 0 spiro atoms. The number of amides is 1. The Morgan fingerprint density at radius 1 is 1.28 bits per heavy atom. The highest BCUT2D eigenvalue weighted by atomic mass is 16.1. The summed E-state index contributed by atoms with van der Waals surface area (Å²) in [5.41, 5.74) is 14.3. The van der Waals surface area contributed by atoms with Crippen LogP contribution in [0.2, 0.25) is 0 Å². The zero-order valence-electron chi connectivity index (χ0n) is 10.7. The average molecular weight is 248 g/mol. The summed E-state index contributed by atoms with van der Waals surface area (Å²) in [6.45, 7) is 5.85. The van der Waals surface area contributed by atoms with Crippen LogP contribution in [0.25, 0.3) is 0 Å². The summed E-state index contributed by atoms with van der Waals surface area (Å²) >= 11 is 0. The maximum atomic E-state index is 10.9. The lowest BCUT2D eigenvalue weighted by atomic mass is 10.1. The summed E-state index contributed by atoms with van der Waals surface area (Å²) in [5.74, 6) is -0.265.